The molecule has 0 radical (unpaired) electrons. The maximum absolute atomic E-state index is 14.7. The van der Waals surface area contributed by atoms with Gasteiger partial charge in [0.05, 0.1) is 16.7 Å². The number of benzene rings is 2. The van der Waals surface area contributed by atoms with E-state index in [1.54, 1.807) is 11.8 Å². The monoisotopic (exact) mass is 565 g/mol. The molecule has 1 aliphatic carbocycles. The Morgan fingerprint density at radius 1 is 0.795 bits per heavy atom. The molecule has 1 fully saturated rings. The largest absolute Gasteiger partial charge is 0.416 e. The zero-order chi connectivity index (χ0) is 28.9. The topological polar surface area (TPSA) is 3.24 Å². The van der Waals surface area contributed by atoms with E-state index in [-0.39, 0.29) is 30.2 Å². The van der Waals surface area contributed by atoms with E-state index in [0.29, 0.717) is 48.6 Å². The molecule has 0 aromatic heterocycles. The number of rotatable bonds is 4. The zero-order valence-electron chi connectivity index (χ0n) is 20.8. The SMILES string of the molecule is C=C1CC(c2cc(C(F)(F)F)cc(C(F)(F)F)c2)C(C)N1CC1=C(c2cc(C(F)(F)F)ccc2F)CCCC1. The van der Waals surface area contributed by atoms with E-state index in [1.165, 1.54) is 0 Å². The Morgan fingerprint density at radius 3 is 1.92 bits per heavy atom. The minimum atomic E-state index is -4.98. The average Bonchev–Trinajstić information content (AvgIpc) is 3.11. The Balaban J connectivity index is 1.69. The molecule has 0 spiro atoms. The van der Waals surface area contributed by atoms with E-state index in [9.17, 15) is 43.9 Å². The van der Waals surface area contributed by atoms with Gasteiger partial charge in [0.15, 0.2) is 0 Å². The lowest BCUT2D eigenvalue weighted by Crippen LogP contribution is -2.31. The van der Waals surface area contributed by atoms with Crippen LogP contribution in [0.1, 0.15) is 72.8 Å². The zero-order valence-corrected chi connectivity index (χ0v) is 20.8. The molecule has 1 saturated heterocycles. The van der Waals surface area contributed by atoms with E-state index in [2.05, 4.69) is 6.58 Å². The van der Waals surface area contributed by atoms with Crippen molar-refractivity contribution in [2.24, 2.45) is 0 Å². The molecule has 1 aliphatic heterocycles. The second-order valence-electron chi connectivity index (χ2n) is 10.1. The van der Waals surface area contributed by atoms with Crippen LogP contribution in [-0.2, 0) is 18.5 Å². The van der Waals surface area contributed by atoms with Crippen LogP contribution >= 0.6 is 0 Å². The molecular formula is C28H25F10N. The lowest BCUT2D eigenvalue weighted by atomic mass is 9.86. The maximum Gasteiger partial charge on any atom is 0.416 e. The molecule has 4 rings (SSSR count). The number of nitrogens with zero attached hydrogens (tertiary/aromatic N) is 1. The van der Waals surface area contributed by atoms with Crippen molar-refractivity contribution in [3.63, 3.8) is 0 Å². The van der Waals surface area contributed by atoms with Crippen LogP contribution in [0, 0.1) is 5.82 Å². The number of hydrogen-bond acceptors (Lipinski definition) is 1. The molecule has 0 bridgehead atoms. The van der Waals surface area contributed by atoms with Crippen LogP contribution in [0.3, 0.4) is 0 Å². The summed E-state index contributed by atoms with van der Waals surface area (Å²) in [4.78, 5) is 1.74. The van der Waals surface area contributed by atoms with Gasteiger partial charge in [0.1, 0.15) is 5.82 Å². The van der Waals surface area contributed by atoms with Gasteiger partial charge < -0.3 is 4.90 Å². The third kappa shape index (κ3) is 6.11. The normalized spacial score (nSPS) is 21.2. The minimum absolute atomic E-state index is 0.0818. The third-order valence-electron chi connectivity index (χ3n) is 7.54. The predicted molar refractivity (Wildman–Crippen MR) is 126 cm³/mol. The van der Waals surface area contributed by atoms with E-state index in [0.717, 1.165) is 24.3 Å². The van der Waals surface area contributed by atoms with Crippen LogP contribution in [0.25, 0.3) is 5.57 Å². The van der Waals surface area contributed by atoms with Gasteiger partial charge in [-0.3, -0.25) is 0 Å². The number of allylic oxidation sites excluding steroid dienone is 2. The summed E-state index contributed by atoms with van der Waals surface area (Å²) in [6.45, 7) is 5.76. The van der Waals surface area contributed by atoms with Gasteiger partial charge in [-0.05, 0) is 92.1 Å². The molecule has 2 unspecified atom stereocenters. The van der Waals surface area contributed by atoms with Gasteiger partial charge in [-0.15, -0.1) is 0 Å². The van der Waals surface area contributed by atoms with Gasteiger partial charge in [-0.2, -0.15) is 39.5 Å². The van der Waals surface area contributed by atoms with E-state index in [4.69, 9.17) is 0 Å². The number of alkyl halides is 9. The first kappa shape index (κ1) is 29.0. The highest BCUT2D eigenvalue weighted by Gasteiger charge is 2.41. The molecule has 212 valence electrons. The Bertz CT molecular complexity index is 1250. The average molecular weight is 565 g/mol. The van der Waals surface area contributed by atoms with Crippen molar-refractivity contribution in [1.82, 2.24) is 4.90 Å². The molecular weight excluding hydrogens is 540 g/mol. The molecule has 2 aromatic carbocycles. The third-order valence-corrected chi connectivity index (χ3v) is 7.54. The van der Waals surface area contributed by atoms with E-state index >= 15 is 0 Å². The Hall–Kier alpha value is -2.98. The molecule has 1 nitrogen and oxygen atoms in total. The smallest absolute Gasteiger partial charge is 0.368 e. The van der Waals surface area contributed by atoms with Crippen molar-refractivity contribution in [3.05, 3.63) is 87.9 Å². The molecule has 2 aliphatic rings. The minimum Gasteiger partial charge on any atom is -0.368 e. The summed E-state index contributed by atoms with van der Waals surface area (Å²) in [6.07, 6.45) is -12.4. The summed E-state index contributed by atoms with van der Waals surface area (Å²) in [6, 6.07) is 3.18. The Morgan fingerprint density at radius 2 is 1.36 bits per heavy atom. The van der Waals surface area contributed by atoms with Crippen LogP contribution < -0.4 is 0 Å². The summed E-state index contributed by atoms with van der Waals surface area (Å²) < 4.78 is 135. The molecule has 2 aromatic rings. The molecule has 0 N–H and O–H groups in total. The van der Waals surface area contributed by atoms with Gasteiger partial charge in [-0.1, -0.05) is 6.58 Å². The summed E-state index contributed by atoms with van der Waals surface area (Å²) in [5.41, 5.74) is -2.49. The lowest BCUT2D eigenvalue weighted by Gasteiger charge is -2.31. The lowest BCUT2D eigenvalue weighted by molar-refractivity contribution is -0.143. The summed E-state index contributed by atoms with van der Waals surface area (Å²) >= 11 is 0. The standard InChI is InChI=1S/C28H25F10N/c1-15-9-23(18-10-20(27(33,34)35)12-21(11-18)28(36,37)38)16(2)39(15)14-17-5-3-4-6-22(17)24-13-19(26(30,31)32)7-8-25(24)29/h7-8,10-13,16,23H,1,3-6,9,14H2,2H3. The maximum atomic E-state index is 14.7. The number of hydrogen-bond donors (Lipinski definition) is 0. The van der Waals surface area contributed by atoms with Crippen molar-refractivity contribution >= 4 is 5.57 Å². The summed E-state index contributed by atoms with van der Waals surface area (Å²) in [7, 11) is 0. The van der Waals surface area contributed by atoms with Crippen LogP contribution in [0.2, 0.25) is 0 Å². The van der Waals surface area contributed by atoms with Crippen molar-refractivity contribution in [2.75, 3.05) is 6.54 Å². The highest BCUT2D eigenvalue weighted by molar-refractivity contribution is 5.71. The first-order valence-electron chi connectivity index (χ1n) is 12.3. The summed E-state index contributed by atoms with van der Waals surface area (Å²) in [5.74, 6) is -1.54. The van der Waals surface area contributed by atoms with Crippen molar-refractivity contribution in [2.45, 2.75) is 69.5 Å². The quantitative estimate of drug-likeness (QED) is 0.334. The second kappa shape index (κ2) is 10.2. The van der Waals surface area contributed by atoms with E-state index < -0.39 is 53.0 Å². The van der Waals surface area contributed by atoms with Gasteiger partial charge >= 0.3 is 18.5 Å². The Kier molecular flexibility index (Phi) is 7.59. The molecule has 11 heteroatoms. The highest BCUT2D eigenvalue weighted by Crippen LogP contribution is 2.45. The van der Waals surface area contributed by atoms with Crippen LogP contribution in [0.15, 0.2) is 54.2 Å². The number of halogens is 10. The highest BCUT2D eigenvalue weighted by atomic mass is 19.4. The predicted octanol–water partition coefficient (Wildman–Crippen LogP) is 9.60. The molecule has 2 atom stereocenters. The van der Waals surface area contributed by atoms with Crippen molar-refractivity contribution < 1.29 is 43.9 Å². The van der Waals surface area contributed by atoms with Crippen LogP contribution in [0.5, 0.6) is 0 Å². The molecule has 39 heavy (non-hydrogen) atoms. The van der Waals surface area contributed by atoms with Crippen molar-refractivity contribution in [3.8, 4) is 0 Å². The fourth-order valence-corrected chi connectivity index (χ4v) is 5.50. The molecule has 0 saturated carbocycles. The summed E-state index contributed by atoms with van der Waals surface area (Å²) in [5, 5.41) is 0. The fourth-order valence-electron chi connectivity index (χ4n) is 5.50. The van der Waals surface area contributed by atoms with Gasteiger partial charge in [0, 0.05) is 29.8 Å². The van der Waals surface area contributed by atoms with Gasteiger partial charge in [0.2, 0.25) is 0 Å². The second-order valence-corrected chi connectivity index (χ2v) is 10.1. The van der Waals surface area contributed by atoms with Gasteiger partial charge in [0.25, 0.3) is 0 Å². The molecule has 1 heterocycles. The first-order chi connectivity index (χ1) is 18.0. The van der Waals surface area contributed by atoms with Crippen molar-refractivity contribution in [1.29, 1.82) is 0 Å². The fraction of sp³-hybridized carbons (Fsp3) is 0.429. The Labute approximate surface area is 218 Å². The number of likely N-dealkylation sites (tertiary alicyclic amines) is 1. The molecule has 0 amide bonds. The van der Waals surface area contributed by atoms with E-state index in [1.807, 2.05) is 0 Å². The van der Waals surface area contributed by atoms with Crippen LogP contribution in [-0.4, -0.2) is 17.5 Å². The first-order valence-corrected chi connectivity index (χ1v) is 12.3. The van der Waals surface area contributed by atoms with Crippen LogP contribution in [0.4, 0.5) is 43.9 Å². The van der Waals surface area contributed by atoms with Gasteiger partial charge in [-0.25, -0.2) is 4.39 Å².